The molecule has 0 saturated heterocycles. The number of hydrogen-bond donors (Lipinski definition) is 1. The molecule has 25 heavy (non-hydrogen) atoms. The van der Waals surface area contributed by atoms with E-state index in [1.165, 1.54) is 12.7 Å². The van der Waals surface area contributed by atoms with E-state index in [9.17, 15) is 4.79 Å². The van der Waals surface area contributed by atoms with Gasteiger partial charge in [-0.15, -0.1) is 10.2 Å². The van der Waals surface area contributed by atoms with Crippen molar-refractivity contribution in [3.05, 3.63) is 60.1 Å². The standard InChI is InChI=1S/C17H15ClN4O3/c1-24-14-4-2-3-13(8-14)21-17(23)9-25-16-6-5-12(18)7-15(16)22-10-19-20-11-22/h2-8,10-11H,9H2,1H3,(H,21,23). The number of methoxy groups -OCH3 is 1. The highest BCUT2D eigenvalue weighted by Gasteiger charge is 2.10. The van der Waals surface area contributed by atoms with Crippen molar-refractivity contribution in [1.82, 2.24) is 14.8 Å². The molecular weight excluding hydrogens is 344 g/mol. The Labute approximate surface area is 149 Å². The lowest BCUT2D eigenvalue weighted by atomic mass is 10.3. The lowest BCUT2D eigenvalue weighted by Gasteiger charge is -2.12. The molecule has 0 spiro atoms. The number of halogens is 1. The third-order valence-electron chi connectivity index (χ3n) is 3.33. The number of aromatic nitrogens is 3. The van der Waals surface area contributed by atoms with Gasteiger partial charge < -0.3 is 14.8 Å². The number of nitrogens with one attached hydrogen (secondary N) is 1. The van der Waals surface area contributed by atoms with Crippen LogP contribution in [-0.2, 0) is 4.79 Å². The van der Waals surface area contributed by atoms with Crippen molar-refractivity contribution in [1.29, 1.82) is 0 Å². The summed E-state index contributed by atoms with van der Waals surface area (Å²) < 4.78 is 12.4. The molecule has 0 saturated carbocycles. The first-order valence-corrected chi connectivity index (χ1v) is 7.75. The van der Waals surface area contributed by atoms with Crippen LogP contribution in [0.2, 0.25) is 5.02 Å². The van der Waals surface area contributed by atoms with E-state index in [2.05, 4.69) is 15.5 Å². The van der Waals surface area contributed by atoms with Crippen LogP contribution in [0, 0.1) is 0 Å². The predicted molar refractivity (Wildman–Crippen MR) is 93.5 cm³/mol. The number of hydrogen-bond acceptors (Lipinski definition) is 5. The maximum atomic E-state index is 12.1. The maximum Gasteiger partial charge on any atom is 0.262 e. The molecule has 7 nitrogen and oxygen atoms in total. The zero-order valence-electron chi connectivity index (χ0n) is 13.3. The Balaban J connectivity index is 1.68. The van der Waals surface area contributed by atoms with Crippen LogP contribution in [-0.4, -0.2) is 34.4 Å². The van der Waals surface area contributed by atoms with Gasteiger partial charge in [-0.25, -0.2) is 0 Å². The molecule has 1 N–H and O–H groups in total. The number of benzene rings is 2. The molecule has 0 bridgehead atoms. The number of rotatable bonds is 6. The van der Waals surface area contributed by atoms with Gasteiger partial charge in [-0.05, 0) is 30.3 Å². The topological polar surface area (TPSA) is 78.3 Å². The first kappa shape index (κ1) is 16.8. The molecule has 0 unspecified atom stereocenters. The van der Waals surface area contributed by atoms with Crippen LogP contribution >= 0.6 is 11.6 Å². The van der Waals surface area contributed by atoms with E-state index in [4.69, 9.17) is 21.1 Å². The van der Waals surface area contributed by atoms with Gasteiger partial charge in [0, 0.05) is 16.8 Å². The van der Waals surface area contributed by atoms with Crippen LogP contribution in [0.25, 0.3) is 5.69 Å². The van der Waals surface area contributed by atoms with Crippen molar-refractivity contribution >= 4 is 23.2 Å². The second-order valence-corrected chi connectivity index (χ2v) is 5.49. The predicted octanol–water partition coefficient (Wildman–Crippen LogP) is 2.95. The average Bonchev–Trinajstić information content (AvgIpc) is 3.15. The van der Waals surface area contributed by atoms with Crippen molar-refractivity contribution in [3.8, 4) is 17.2 Å². The van der Waals surface area contributed by atoms with Gasteiger partial charge in [-0.2, -0.15) is 0 Å². The Hall–Kier alpha value is -3.06. The summed E-state index contributed by atoms with van der Waals surface area (Å²) in [5, 5.41) is 10.8. The lowest BCUT2D eigenvalue weighted by Crippen LogP contribution is -2.20. The van der Waals surface area contributed by atoms with Crippen molar-refractivity contribution < 1.29 is 14.3 Å². The van der Waals surface area contributed by atoms with E-state index in [-0.39, 0.29) is 12.5 Å². The minimum Gasteiger partial charge on any atom is -0.497 e. The largest absolute Gasteiger partial charge is 0.497 e. The minimum atomic E-state index is -0.294. The fourth-order valence-electron chi connectivity index (χ4n) is 2.18. The number of nitrogens with zero attached hydrogens (tertiary/aromatic N) is 3. The number of carbonyl (C=O) groups excluding carboxylic acids is 1. The van der Waals surface area contributed by atoms with E-state index in [1.807, 2.05) is 0 Å². The van der Waals surface area contributed by atoms with Crippen molar-refractivity contribution in [2.24, 2.45) is 0 Å². The monoisotopic (exact) mass is 358 g/mol. The fourth-order valence-corrected chi connectivity index (χ4v) is 2.35. The van der Waals surface area contributed by atoms with Crippen LogP contribution in [0.4, 0.5) is 5.69 Å². The highest BCUT2D eigenvalue weighted by atomic mass is 35.5. The molecule has 3 aromatic rings. The second kappa shape index (κ2) is 7.67. The number of carbonyl (C=O) groups is 1. The third-order valence-corrected chi connectivity index (χ3v) is 3.57. The lowest BCUT2D eigenvalue weighted by molar-refractivity contribution is -0.118. The maximum absolute atomic E-state index is 12.1. The number of anilines is 1. The molecule has 0 aliphatic rings. The number of ether oxygens (including phenoxy) is 2. The fraction of sp³-hybridized carbons (Fsp3) is 0.118. The minimum absolute atomic E-state index is 0.159. The van der Waals surface area contributed by atoms with Crippen LogP contribution < -0.4 is 14.8 Å². The van der Waals surface area contributed by atoms with Crippen LogP contribution in [0.5, 0.6) is 11.5 Å². The molecular formula is C17H15ClN4O3. The van der Waals surface area contributed by atoms with Gasteiger partial charge in [0.2, 0.25) is 0 Å². The van der Waals surface area contributed by atoms with Gasteiger partial charge >= 0.3 is 0 Å². The summed E-state index contributed by atoms with van der Waals surface area (Å²) in [7, 11) is 1.57. The zero-order chi connectivity index (χ0) is 17.6. The molecule has 2 aromatic carbocycles. The molecule has 128 valence electrons. The van der Waals surface area contributed by atoms with Gasteiger partial charge in [-0.1, -0.05) is 17.7 Å². The summed E-state index contributed by atoms with van der Waals surface area (Å²) in [4.78, 5) is 12.1. The summed E-state index contributed by atoms with van der Waals surface area (Å²) in [5.74, 6) is 0.856. The molecule has 8 heteroatoms. The molecule has 1 amide bonds. The normalized spacial score (nSPS) is 10.3. The summed E-state index contributed by atoms with van der Waals surface area (Å²) in [6, 6.07) is 12.2. The molecule has 0 fully saturated rings. The highest BCUT2D eigenvalue weighted by molar-refractivity contribution is 6.30. The number of amides is 1. The van der Waals surface area contributed by atoms with Gasteiger partial charge in [0.15, 0.2) is 6.61 Å². The first-order valence-electron chi connectivity index (χ1n) is 7.37. The highest BCUT2D eigenvalue weighted by Crippen LogP contribution is 2.26. The Morgan fingerprint density at radius 2 is 2.00 bits per heavy atom. The zero-order valence-corrected chi connectivity index (χ0v) is 14.1. The van der Waals surface area contributed by atoms with Crippen molar-refractivity contribution in [3.63, 3.8) is 0 Å². The van der Waals surface area contributed by atoms with E-state index in [0.29, 0.717) is 27.9 Å². The van der Waals surface area contributed by atoms with Crippen LogP contribution in [0.1, 0.15) is 0 Å². The second-order valence-electron chi connectivity index (χ2n) is 5.05. The Morgan fingerprint density at radius 1 is 1.20 bits per heavy atom. The van der Waals surface area contributed by atoms with E-state index >= 15 is 0 Å². The SMILES string of the molecule is COc1cccc(NC(=O)COc2ccc(Cl)cc2-n2cnnc2)c1. The van der Waals surface area contributed by atoms with E-state index in [1.54, 1.807) is 54.1 Å². The smallest absolute Gasteiger partial charge is 0.262 e. The van der Waals surface area contributed by atoms with Gasteiger partial charge in [-0.3, -0.25) is 9.36 Å². The van der Waals surface area contributed by atoms with Crippen LogP contribution in [0.15, 0.2) is 55.1 Å². The van der Waals surface area contributed by atoms with Gasteiger partial charge in [0.25, 0.3) is 5.91 Å². The molecule has 1 aromatic heterocycles. The molecule has 1 heterocycles. The summed E-state index contributed by atoms with van der Waals surface area (Å²) in [5.41, 5.74) is 1.27. The molecule has 3 rings (SSSR count). The molecule has 0 atom stereocenters. The summed E-state index contributed by atoms with van der Waals surface area (Å²) >= 11 is 6.03. The van der Waals surface area contributed by atoms with Crippen LogP contribution in [0.3, 0.4) is 0 Å². The van der Waals surface area contributed by atoms with E-state index < -0.39 is 0 Å². The Morgan fingerprint density at radius 3 is 2.76 bits per heavy atom. The summed E-state index contributed by atoms with van der Waals surface area (Å²) in [6.07, 6.45) is 3.05. The van der Waals surface area contributed by atoms with Gasteiger partial charge in [0.05, 0.1) is 12.8 Å². The molecule has 0 aliphatic heterocycles. The van der Waals surface area contributed by atoms with Gasteiger partial charge in [0.1, 0.15) is 24.2 Å². The Kier molecular flexibility index (Phi) is 5.15. The molecule has 0 aliphatic carbocycles. The van der Waals surface area contributed by atoms with E-state index in [0.717, 1.165) is 0 Å². The van der Waals surface area contributed by atoms with Crippen molar-refractivity contribution in [2.75, 3.05) is 19.0 Å². The quantitative estimate of drug-likeness (QED) is 0.733. The first-order chi connectivity index (χ1) is 12.2. The van der Waals surface area contributed by atoms with Crippen molar-refractivity contribution in [2.45, 2.75) is 0 Å². The molecule has 0 radical (unpaired) electrons. The third kappa shape index (κ3) is 4.27. The average molecular weight is 359 g/mol. The summed E-state index contributed by atoms with van der Waals surface area (Å²) in [6.45, 7) is -0.159. The Bertz CT molecular complexity index is 868.